The second-order valence-electron chi connectivity index (χ2n) is 5.34. The van der Waals surface area contributed by atoms with Crippen LogP contribution in [0.15, 0.2) is 40.8 Å². The number of aryl methyl sites for hydroxylation is 1. The van der Waals surface area contributed by atoms with Gasteiger partial charge in [-0.15, -0.1) is 11.8 Å². The molecule has 0 spiro atoms. The van der Waals surface area contributed by atoms with Gasteiger partial charge in [0.25, 0.3) is 0 Å². The van der Waals surface area contributed by atoms with Gasteiger partial charge in [0.1, 0.15) is 0 Å². The van der Waals surface area contributed by atoms with E-state index in [9.17, 15) is 0 Å². The third-order valence-corrected chi connectivity index (χ3v) is 4.92. The zero-order valence-corrected chi connectivity index (χ0v) is 12.9. The van der Waals surface area contributed by atoms with Crippen LogP contribution in [0.4, 0.5) is 0 Å². The van der Waals surface area contributed by atoms with Crippen LogP contribution in [-0.2, 0) is 0 Å². The Hall–Kier alpha value is -0.730. The number of nitrogens with one attached hydrogen (secondary N) is 1. The van der Waals surface area contributed by atoms with Crippen molar-refractivity contribution >= 4 is 11.8 Å². The van der Waals surface area contributed by atoms with Gasteiger partial charge in [-0.05, 0) is 51.8 Å². The van der Waals surface area contributed by atoms with Crippen LogP contribution in [0.5, 0.6) is 0 Å². The van der Waals surface area contributed by atoms with E-state index in [2.05, 4.69) is 49.6 Å². The number of rotatable bonds is 5. The molecule has 0 radical (unpaired) electrons. The summed E-state index contributed by atoms with van der Waals surface area (Å²) in [6.07, 6.45) is 9.14. The Bertz CT molecular complexity index is 408. The second kappa shape index (κ2) is 7.76. The fourth-order valence-corrected chi connectivity index (χ4v) is 3.61. The van der Waals surface area contributed by atoms with E-state index in [1.54, 1.807) is 5.57 Å². The SMILES string of the molecule is CNC(CSc1ccc(C)cc1)C1=CCCCCC1. The molecule has 0 aromatic heterocycles. The highest BCUT2D eigenvalue weighted by atomic mass is 32.2. The number of hydrogen-bond acceptors (Lipinski definition) is 2. The van der Waals surface area contributed by atoms with Crippen LogP contribution < -0.4 is 5.32 Å². The average Bonchev–Trinajstić information content (AvgIpc) is 2.71. The van der Waals surface area contributed by atoms with Crippen molar-refractivity contribution < 1.29 is 0 Å². The van der Waals surface area contributed by atoms with Crippen molar-refractivity contribution in [1.29, 1.82) is 0 Å². The van der Waals surface area contributed by atoms with E-state index in [1.807, 2.05) is 11.8 Å². The average molecular weight is 275 g/mol. The maximum Gasteiger partial charge on any atom is 0.0371 e. The smallest absolute Gasteiger partial charge is 0.0371 e. The molecule has 2 rings (SSSR count). The molecule has 0 aliphatic heterocycles. The predicted molar refractivity (Wildman–Crippen MR) is 85.9 cm³/mol. The van der Waals surface area contributed by atoms with Crippen LogP contribution in [0.1, 0.15) is 37.7 Å². The lowest BCUT2D eigenvalue weighted by Gasteiger charge is -2.19. The molecule has 2 heteroatoms. The molecule has 1 aliphatic carbocycles. The van der Waals surface area contributed by atoms with Crippen molar-refractivity contribution in [1.82, 2.24) is 5.32 Å². The summed E-state index contributed by atoms with van der Waals surface area (Å²) in [5, 5.41) is 3.49. The Labute approximate surface area is 121 Å². The molecule has 0 saturated heterocycles. The van der Waals surface area contributed by atoms with E-state index in [0.29, 0.717) is 6.04 Å². The summed E-state index contributed by atoms with van der Waals surface area (Å²) < 4.78 is 0. The summed E-state index contributed by atoms with van der Waals surface area (Å²) in [4.78, 5) is 1.38. The van der Waals surface area contributed by atoms with Crippen LogP contribution in [0.25, 0.3) is 0 Å². The number of hydrogen-bond donors (Lipinski definition) is 1. The molecule has 0 amide bonds. The van der Waals surface area contributed by atoms with Crippen LogP contribution in [0, 0.1) is 6.92 Å². The first-order valence-electron chi connectivity index (χ1n) is 7.35. The molecule has 1 N–H and O–H groups in total. The number of likely N-dealkylation sites (N-methyl/N-ethyl adjacent to an activating group) is 1. The number of benzene rings is 1. The first-order chi connectivity index (χ1) is 9.29. The second-order valence-corrected chi connectivity index (χ2v) is 6.44. The van der Waals surface area contributed by atoms with Gasteiger partial charge in [-0.2, -0.15) is 0 Å². The molecule has 1 unspecified atom stereocenters. The van der Waals surface area contributed by atoms with E-state index >= 15 is 0 Å². The van der Waals surface area contributed by atoms with Gasteiger partial charge in [0.05, 0.1) is 0 Å². The molecule has 0 bridgehead atoms. The van der Waals surface area contributed by atoms with Crippen molar-refractivity contribution in [2.24, 2.45) is 0 Å². The number of thioether (sulfide) groups is 1. The standard InChI is InChI=1S/C17H25NS/c1-14-9-11-16(12-10-14)19-13-17(18-2)15-7-5-3-4-6-8-15/h7,9-12,17-18H,3-6,8,13H2,1-2H3. The summed E-state index contributed by atoms with van der Waals surface area (Å²) in [7, 11) is 2.09. The summed E-state index contributed by atoms with van der Waals surface area (Å²) in [5.74, 6) is 1.13. The lowest BCUT2D eigenvalue weighted by atomic mass is 10.0. The Morgan fingerprint density at radius 2 is 1.95 bits per heavy atom. The summed E-state index contributed by atoms with van der Waals surface area (Å²) in [6.45, 7) is 2.14. The van der Waals surface area contributed by atoms with Gasteiger partial charge in [0.2, 0.25) is 0 Å². The minimum absolute atomic E-state index is 0.532. The maximum absolute atomic E-state index is 3.49. The van der Waals surface area contributed by atoms with Gasteiger partial charge in [-0.25, -0.2) is 0 Å². The van der Waals surface area contributed by atoms with E-state index in [0.717, 1.165) is 5.75 Å². The topological polar surface area (TPSA) is 12.0 Å². The van der Waals surface area contributed by atoms with E-state index in [1.165, 1.54) is 42.6 Å². The molecule has 1 aromatic rings. The largest absolute Gasteiger partial charge is 0.313 e. The van der Waals surface area contributed by atoms with Crippen molar-refractivity contribution in [3.05, 3.63) is 41.5 Å². The minimum Gasteiger partial charge on any atom is -0.313 e. The Morgan fingerprint density at radius 1 is 1.16 bits per heavy atom. The molecule has 0 heterocycles. The lowest BCUT2D eigenvalue weighted by molar-refractivity contribution is 0.645. The summed E-state index contributed by atoms with van der Waals surface area (Å²) in [6, 6.07) is 9.38. The Morgan fingerprint density at radius 3 is 2.68 bits per heavy atom. The molecule has 1 nitrogen and oxygen atoms in total. The third kappa shape index (κ3) is 4.70. The van der Waals surface area contributed by atoms with Crippen molar-refractivity contribution in [2.75, 3.05) is 12.8 Å². The fraction of sp³-hybridized carbons (Fsp3) is 0.529. The van der Waals surface area contributed by atoms with Crippen LogP contribution in [0.3, 0.4) is 0 Å². The first kappa shape index (κ1) is 14.7. The molecular weight excluding hydrogens is 250 g/mol. The van der Waals surface area contributed by atoms with Gasteiger partial charge in [0, 0.05) is 16.7 Å². The Balaban J connectivity index is 1.91. The fourth-order valence-electron chi connectivity index (χ4n) is 2.55. The Kier molecular flexibility index (Phi) is 5.99. The summed E-state index contributed by atoms with van der Waals surface area (Å²) >= 11 is 1.96. The molecule has 1 aromatic carbocycles. The minimum atomic E-state index is 0.532. The van der Waals surface area contributed by atoms with E-state index in [-0.39, 0.29) is 0 Å². The van der Waals surface area contributed by atoms with E-state index in [4.69, 9.17) is 0 Å². The van der Waals surface area contributed by atoms with Gasteiger partial charge in [-0.1, -0.05) is 35.8 Å². The molecule has 0 saturated carbocycles. The van der Waals surface area contributed by atoms with Crippen molar-refractivity contribution in [3.63, 3.8) is 0 Å². The quantitative estimate of drug-likeness (QED) is 0.624. The molecule has 1 aliphatic rings. The van der Waals surface area contributed by atoms with Gasteiger partial charge in [-0.3, -0.25) is 0 Å². The zero-order valence-electron chi connectivity index (χ0n) is 12.1. The molecule has 0 fully saturated rings. The van der Waals surface area contributed by atoms with Crippen LogP contribution >= 0.6 is 11.8 Å². The molecular formula is C17H25NS. The molecule has 19 heavy (non-hydrogen) atoms. The normalized spacial score (nSPS) is 17.7. The monoisotopic (exact) mass is 275 g/mol. The summed E-state index contributed by atoms with van der Waals surface area (Å²) in [5.41, 5.74) is 2.96. The van der Waals surface area contributed by atoms with Gasteiger partial charge in [0.15, 0.2) is 0 Å². The maximum atomic E-state index is 3.49. The van der Waals surface area contributed by atoms with E-state index < -0.39 is 0 Å². The molecule has 1 atom stereocenters. The zero-order chi connectivity index (χ0) is 13.5. The predicted octanol–water partition coefficient (Wildman–Crippen LogP) is 4.57. The van der Waals surface area contributed by atoms with Crippen LogP contribution in [0.2, 0.25) is 0 Å². The van der Waals surface area contributed by atoms with Crippen molar-refractivity contribution in [2.45, 2.75) is 50.0 Å². The third-order valence-electron chi connectivity index (χ3n) is 3.81. The van der Waals surface area contributed by atoms with Gasteiger partial charge >= 0.3 is 0 Å². The first-order valence-corrected chi connectivity index (χ1v) is 8.34. The van der Waals surface area contributed by atoms with Gasteiger partial charge < -0.3 is 5.32 Å². The molecule has 104 valence electrons. The highest BCUT2D eigenvalue weighted by Gasteiger charge is 2.14. The highest BCUT2D eigenvalue weighted by Crippen LogP contribution is 2.25. The number of allylic oxidation sites excluding steroid dienone is 1. The highest BCUT2D eigenvalue weighted by molar-refractivity contribution is 7.99. The van der Waals surface area contributed by atoms with Crippen molar-refractivity contribution in [3.8, 4) is 0 Å². The van der Waals surface area contributed by atoms with Crippen LogP contribution in [-0.4, -0.2) is 18.8 Å². The lowest BCUT2D eigenvalue weighted by Crippen LogP contribution is -2.29.